The summed E-state index contributed by atoms with van der Waals surface area (Å²) in [5, 5.41) is 9.72. The lowest BCUT2D eigenvalue weighted by Gasteiger charge is -2.13. The van der Waals surface area contributed by atoms with E-state index >= 15 is 0 Å². The molecule has 0 bridgehead atoms. The highest BCUT2D eigenvalue weighted by molar-refractivity contribution is 5.88. The van der Waals surface area contributed by atoms with Crippen LogP contribution in [-0.4, -0.2) is 10.9 Å². The first-order valence-corrected chi connectivity index (χ1v) is 5.01. The van der Waals surface area contributed by atoms with Crippen molar-refractivity contribution >= 4 is 5.78 Å². The molecule has 1 saturated carbocycles. The molecule has 74 valence electrons. The highest BCUT2D eigenvalue weighted by atomic mass is 16.3. The molecule has 0 spiro atoms. The number of carbonyl (C=O) groups excluding carboxylic acids is 1. The average molecular weight is 190 g/mol. The van der Waals surface area contributed by atoms with Gasteiger partial charge in [0.15, 0.2) is 0 Å². The molecular formula is C12H14O2. The molecular weight excluding hydrogens is 176 g/mol. The second-order valence-corrected chi connectivity index (χ2v) is 3.92. The van der Waals surface area contributed by atoms with E-state index in [-0.39, 0.29) is 17.5 Å². The SMILES string of the molecule is Cc1cccc(O)c1C1CCCC1=O. The van der Waals surface area contributed by atoms with Crippen molar-refractivity contribution in [2.45, 2.75) is 32.1 Å². The summed E-state index contributed by atoms with van der Waals surface area (Å²) in [5.74, 6) is 0.482. The highest BCUT2D eigenvalue weighted by Crippen LogP contribution is 2.37. The molecule has 1 aromatic carbocycles. The zero-order chi connectivity index (χ0) is 10.1. The Hall–Kier alpha value is -1.31. The van der Waals surface area contributed by atoms with Gasteiger partial charge in [0.05, 0.1) is 0 Å². The van der Waals surface area contributed by atoms with Gasteiger partial charge < -0.3 is 5.11 Å². The topological polar surface area (TPSA) is 37.3 Å². The van der Waals surface area contributed by atoms with Gasteiger partial charge >= 0.3 is 0 Å². The van der Waals surface area contributed by atoms with Crippen molar-refractivity contribution in [3.05, 3.63) is 29.3 Å². The second-order valence-electron chi connectivity index (χ2n) is 3.92. The van der Waals surface area contributed by atoms with Crippen LogP contribution in [0, 0.1) is 6.92 Å². The molecule has 1 atom stereocenters. The Bertz CT molecular complexity index is 348. The van der Waals surface area contributed by atoms with E-state index in [0.29, 0.717) is 6.42 Å². The number of phenols is 1. The summed E-state index contributed by atoms with van der Waals surface area (Å²) in [4.78, 5) is 11.6. The Morgan fingerprint density at radius 1 is 1.43 bits per heavy atom. The Morgan fingerprint density at radius 3 is 2.79 bits per heavy atom. The second kappa shape index (κ2) is 3.45. The van der Waals surface area contributed by atoms with Gasteiger partial charge in [-0.3, -0.25) is 4.79 Å². The van der Waals surface area contributed by atoms with E-state index in [1.807, 2.05) is 19.1 Å². The third-order valence-corrected chi connectivity index (χ3v) is 2.95. The van der Waals surface area contributed by atoms with Gasteiger partial charge in [-0.15, -0.1) is 0 Å². The predicted molar refractivity (Wildman–Crippen MR) is 54.4 cm³/mol. The summed E-state index contributed by atoms with van der Waals surface area (Å²) in [7, 11) is 0. The minimum absolute atomic E-state index is 0.0591. The maximum atomic E-state index is 11.6. The van der Waals surface area contributed by atoms with E-state index in [1.165, 1.54) is 0 Å². The van der Waals surface area contributed by atoms with Crippen molar-refractivity contribution < 1.29 is 9.90 Å². The molecule has 1 N–H and O–H groups in total. The normalized spacial score (nSPS) is 21.5. The van der Waals surface area contributed by atoms with Crippen LogP contribution in [0.5, 0.6) is 5.75 Å². The summed E-state index contributed by atoms with van der Waals surface area (Å²) in [6, 6.07) is 5.42. The Morgan fingerprint density at radius 2 is 2.21 bits per heavy atom. The lowest BCUT2D eigenvalue weighted by Crippen LogP contribution is -2.06. The number of carbonyl (C=O) groups is 1. The van der Waals surface area contributed by atoms with Crippen LogP contribution in [0.25, 0.3) is 0 Å². The smallest absolute Gasteiger partial charge is 0.140 e. The summed E-state index contributed by atoms with van der Waals surface area (Å²) in [6.07, 6.45) is 2.51. The van der Waals surface area contributed by atoms with Gasteiger partial charge in [0.25, 0.3) is 0 Å². The lowest BCUT2D eigenvalue weighted by atomic mass is 9.92. The van der Waals surface area contributed by atoms with Gasteiger partial charge in [0.2, 0.25) is 0 Å². The van der Waals surface area contributed by atoms with Gasteiger partial charge in [0, 0.05) is 17.9 Å². The Kier molecular flexibility index (Phi) is 2.28. The van der Waals surface area contributed by atoms with Crippen molar-refractivity contribution in [3.8, 4) is 5.75 Å². The van der Waals surface area contributed by atoms with Crippen molar-refractivity contribution in [3.63, 3.8) is 0 Å². The number of rotatable bonds is 1. The first-order chi connectivity index (χ1) is 6.70. The molecule has 0 saturated heterocycles. The minimum atomic E-state index is -0.0591. The molecule has 2 rings (SSSR count). The largest absolute Gasteiger partial charge is 0.508 e. The van der Waals surface area contributed by atoms with Gasteiger partial charge in [-0.05, 0) is 31.4 Å². The fourth-order valence-electron chi connectivity index (χ4n) is 2.24. The standard InChI is InChI=1S/C12H14O2/c1-8-4-2-7-11(14)12(8)9-5-3-6-10(9)13/h2,4,7,9,14H,3,5-6H2,1H3. The van der Waals surface area contributed by atoms with E-state index in [4.69, 9.17) is 0 Å². The lowest BCUT2D eigenvalue weighted by molar-refractivity contribution is -0.118. The summed E-state index contributed by atoms with van der Waals surface area (Å²) >= 11 is 0. The Balaban J connectivity index is 2.44. The molecule has 0 amide bonds. The number of phenolic OH excluding ortho intramolecular Hbond substituents is 1. The monoisotopic (exact) mass is 190 g/mol. The zero-order valence-corrected chi connectivity index (χ0v) is 8.29. The number of aromatic hydroxyl groups is 1. The minimum Gasteiger partial charge on any atom is -0.508 e. The highest BCUT2D eigenvalue weighted by Gasteiger charge is 2.28. The molecule has 0 radical (unpaired) electrons. The maximum Gasteiger partial charge on any atom is 0.140 e. The van der Waals surface area contributed by atoms with Crippen molar-refractivity contribution in [1.82, 2.24) is 0 Å². The Labute approximate surface area is 83.6 Å². The number of Topliss-reactive ketones (excluding diaryl/α,β-unsaturated/α-hetero) is 1. The van der Waals surface area contributed by atoms with Crippen LogP contribution < -0.4 is 0 Å². The number of hydrogen-bond acceptors (Lipinski definition) is 2. The maximum absolute atomic E-state index is 11.6. The van der Waals surface area contributed by atoms with Crippen molar-refractivity contribution in [1.29, 1.82) is 0 Å². The molecule has 14 heavy (non-hydrogen) atoms. The van der Waals surface area contributed by atoms with Crippen LogP contribution in [0.15, 0.2) is 18.2 Å². The van der Waals surface area contributed by atoms with E-state index in [2.05, 4.69) is 0 Å². The fraction of sp³-hybridized carbons (Fsp3) is 0.417. The van der Waals surface area contributed by atoms with E-state index < -0.39 is 0 Å². The van der Waals surface area contributed by atoms with Crippen LogP contribution in [-0.2, 0) is 4.79 Å². The van der Waals surface area contributed by atoms with Gasteiger partial charge in [-0.2, -0.15) is 0 Å². The molecule has 0 heterocycles. The summed E-state index contributed by atoms with van der Waals surface area (Å²) < 4.78 is 0. The fourth-order valence-corrected chi connectivity index (χ4v) is 2.24. The average Bonchev–Trinajstić information content (AvgIpc) is 2.52. The van der Waals surface area contributed by atoms with Crippen LogP contribution in [0.4, 0.5) is 0 Å². The molecule has 1 aliphatic rings. The van der Waals surface area contributed by atoms with Gasteiger partial charge in [-0.1, -0.05) is 12.1 Å². The molecule has 1 aliphatic carbocycles. The number of ketones is 1. The molecule has 0 aromatic heterocycles. The molecule has 1 unspecified atom stereocenters. The van der Waals surface area contributed by atoms with Crippen LogP contribution in [0.1, 0.15) is 36.3 Å². The summed E-state index contributed by atoms with van der Waals surface area (Å²) in [6.45, 7) is 1.95. The first kappa shape index (κ1) is 9.25. The zero-order valence-electron chi connectivity index (χ0n) is 8.29. The predicted octanol–water partition coefficient (Wildman–Crippen LogP) is 2.54. The number of aryl methyl sites for hydroxylation is 1. The first-order valence-electron chi connectivity index (χ1n) is 5.01. The molecule has 2 heteroatoms. The van der Waals surface area contributed by atoms with Crippen LogP contribution in [0.3, 0.4) is 0 Å². The van der Waals surface area contributed by atoms with E-state index in [9.17, 15) is 9.90 Å². The third kappa shape index (κ3) is 1.41. The molecule has 2 nitrogen and oxygen atoms in total. The quantitative estimate of drug-likeness (QED) is 0.738. The van der Waals surface area contributed by atoms with Gasteiger partial charge in [-0.25, -0.2) is 0 Å². The summed E-state index contributed by atoms with van der Waals surface area (Å²) in [5.41, 5.74) is 1.86. The van der Waals surface area contributed by atoms with Crippen molar-refractivity contribution in [2.24, 2.45) is 0 Å². The van der Waals surface area contributed by atoms with E-state index in [1.54, 1.807) is 6.07 Å². The third-order valence-electron chi connectivity index (χ3n) is 2.95. The number of hydrogen-bond donors (Lipinski definition) is 1. The van der Waals surface area contributed by atoms with Crippen LogP contribution in [0.2, 0.25) is 0 Å². The molecule has 0 aliphatic heterocycles. The number of benzene rings is 1. The molecule has 1 aromatic rings. The molecule has 1 fully saturated rings. The van der Waals surface area contributed by atoms with E-state index in [0.717, 1.165) is 24.0 Å². The van der Waals surface area contributed by atoms with Gasteiger partial charge in [0.1, 0.15) is 11.5 Å². The van der Waals surface area contributed by atoms with Crippen molar-refractivity contribution in [2.75, 3.05) is 0 Å². The van der Waals surface area contributed by atoms with Crippen LogP contribution >= 0.6 is 0 Å².